The third kappa shape index (κ3) is 2.39. The van der Waals surface area contributed by atoms with Gasteiger partial charge in [0.05, 0.1) is 29.7 Å². The van der Waals surface area contributed by atoms with Gasteiger partial charge in [-0.25, -0.2) is 4.68 Å². The Hall–Kier alpha value is -2.08. The van der Waals surface area contributed by atoms with Gasteiger partial charge in [-0.15, -0.1) is 11.8 Å². The molecule has 0 aliphatic carbocycles. The zero-order chi connectivity index (χ0) is 13.1. The predicted octanol–water partition coefficient (Wildman–Crippen LogP) is 2.45. The number of aromatic nitrogens is 5. The standard InChI is InChI=1S/C13H13N5S/c1-19-10-18-13(4-6-15-18)11-7-16-17(9-11)12-3-2-5-14-8-12/h2-9H,10H2,1H3. The number of pyridine rings is 1. The van der Waals surface area contributed by atoms with E-state index in [9.17, 15) is 0 Å². The third-order valence-corrected chi connectivity index (χ3v) is 3.26. The van der Waals surface area contributed by atoms with Gasteiger partial charge in [0.2, 0.25) is 0 Å². The SMILES string of the molecule is CSCn1nccc1-c1cnn(-c2cccnc2)c1. The summed E-state index contributed by atoms with van der Waals surface area (Å²) in [4.78, 5) is 4.10. The molecule has 0 radical (unpaired) electrons. The molecule has 96 valence electrons. The first-order valence-electron chi connectivity index (χ1n) is 5.84. The zero-order valence-electron chi connectivity index (χ0n) is 10.5. The molecule has 3 aromatic rings. The van der Waals surface area contributed by atoms with Crippen LogP contribution in [0.2, 0.25) is 0 Å². The number of hydrogen-bond donors (Lipinski definition) is 0. The Morgan fingerprint density at radius 1 is 1.16 bits per heavy atom. The van der Waals surface area contributed by atoms with E-state index in [0.717, 1.165) is 22.8 Å². The maximum atomic E-state index is 4.37. The molecule has 3 aromatic heterocycles. The van der Waals surface area contributed by atoms with Gasteiger partial charge in [0.25, 0.3) is 0 Å². The van der Waals surface area contributed by atoms with Crippen molar-refractivity contribution < 1.29 is 0 Å². The second-order valence-electron chi connectivity index (χ2n) is 4.02. The molecule has 3 rings (SSSR count). The van der Waals surface area contributed by atoms with Crippen molar-refractivity contribution in [1.29, 1.82) is 0 Å². The monoisotopic (exact) mass is 271 g/mol. The van der Waals surface area contributed by atoms with E-state index in [1.165, 1.54) is 0 Å². The quantitative estimate of drug-likeness (QED) is 0.731. The Kier molecular flexibility index (Phi) is 3.33. The Morgan fingerprint density at radius 2 is 2.11 bits per heavy atom. The van der Waals surface area contributed by atoms with Crippen LogP contribution in [0.15, 0.2) is 49.2 Å². The van der Waals surface area contributed by atoms with Crippen molar-refractivity contribution in [3.8, 4) is 16.9 Å². The first-order valence-corrected chi connectivity index (χ1v) is 7.24. The molecule has 6 heteroatoms. The molecular weight excluding hydrogens is 258 g/mol. The topological polar surface area (TPSA) is 48.5 Å². The molecule has 0 aromatic carbocycles. The van der Waals surface area contributed by atoms with Gasteiger partial charge in [0, 0.05) is 24.2 Å². The van der Waals surface area contributed by atoms with E-state index >= 15 is 0 Å². The molecule has 0 aliphatic heterocycles. The minimum absolute atomic E-state index is 0.834. The zero-order valence-corrected chi connectivity index (χ0v) is 11.3. The molecule has 0 atom stereocenters. The largest absolute Gasteiger partial charge is 0.262 e. The number of thioether (sulfide) groups is 1. The fourth-order valence-corrected chi connectivity index (χ4v) is 2.34. The van der Waals surface area contributed by atoms with Gasteiger partial charge in [-0.05, 0) is 24.5 Å². The van der Waals surface area contributed by atoms with Gasteiger partial charge < -0.3 is 0 Å². The van der Waals surface area contributed by atoms with Crippen LogP contribution in [0.4, 0.5) is 0 Å². The molecule has 0 spiro atoms. The second-order valence-corrected chi connectivity index (χ2v) is 4.85. The van der Waals surface area contributed by atoms with Crippen molar-refractivity contribution in [2.45, 2.75) is 5.88 Å². The molecule has 0 amide bonds. The van der Waals surface area contributed by atoms with E-state index in [1.807, 2.05) is 46.2 Å². The molecule has 0 saturated carbocycles. The summed E-state index contributed by atoms with van der Waals surface area (Å²) in [6, 6.07) is 5.87. The van der Waals surface area contributed by atoms with Crippen LogP contribution in [-0.2, 0) is 5.88 Å². The minimum Gasteiger partial charge on any atom is -0.262 e. The van der Waals surface area contributed by atoms with E-state index in [1.54, 1.807) is 24.2 Å². The summed E-state index contributed by atoms with van der Waals surface area (Å²) < 4.78 is 3.79. The molecular formula is C13H13N5S. The van der Waals surface area contributed by atoms with Crippen LogP contribution in [0.3, 0.4) is 0 Å². The first-order chi connectivity index (χ1) is 9.38. The summed E-state index contributed by atoms with van der Waals surface area (Å²) in [5.74, 6) is 0.834. The predicted molar refractivity (Wildman–Crippen MR) is 76.1 cm³/mol. The van der Waals surface area contributed by atoms with Crippen LogP contribution in [0, 0.1) is 0 Å². The van der Waals surface area contributed by atoms with E-state index in [2.05, 4.69) is 21.4 Å². The van der Waals surface area contributed by atoms with E-state index in [0.29, 0.717) is 0 Å². The van der Waals surface area contributed by atoms with Gasteiger partial charge in [0.1, 0.15) is 0 Å². The van der Waals surface area contributed by atoms with Crippen LogP contribution in [0.25, 0.3) is 16.9 Å². The lowest BCUT2D eigenvalue weighted by Crippen LogP contribution is -1.98. The van der Waals surface area contributed by atoms with Crippen LogP contribution >= 0.6 is 11.8 Å². The van der Waals surface area contributed by atoms with Gasteiger partial charge in [-0.1, -0.05) is 0 Å². The molecule has 0 bridgehead atoms. The smallest absolute Gasteiger partial charge is 0.0867 e. The Labute approximate surface area is 115 Å². The van der Waals surface area contributed by atoms with Crippen LogP contribution < -0.4 is 0 Å². The summed E-state index contributed by atoms with van der Waals surface area (Å²) in [6.07, 6.45) is 11.3. The summed E-state index contributed by atoms with van der Waals surface area (Å²) in [6.45, 7) is 0. The number of rotatable bonds is 4. The maximum Gasteiger partial charge on any atom is 0.0867 e. The van der Waals surface area contributed by atoms with Gasteiger partial charge in [0.15, 0.2) is 0 Å². The maximum absolute atomic E-state index is 4.37. The van der Waals surface area contributed by atoms with Crippen molar-refractivity contribution in [2.75, 3.05) is 6.26 Å². The highest BCUT2D eigenvalue weighted by Crippen LogP contribution is 2.20. The molecule has 0 N–H and O–H groups in total. The van der Waals surface area contributed by atoms with Crippen LogP contribution in [0.1, 0.15) is 0 Å². The fraction of sp³-hybridized carbons (Fsp3) is 0.154. The highest BCUT2D eigenvalue weighted by atomic mass is 32.2. The van der Waals surface area contributed by atoms with E-state index in [-0.39, 0.29) is 0 Å². The van der Waals surface area contributed by atoms with Gasteiger partial charge >= 0.3 is 0 Å². The normalized spacial score (nSPS) is 10.8. The molecule has 19 heavy (non-hydrogen) atoms. The molecule has 3 heterocycles. The van der Waals surface area contributed by atoms with Gasteiger partial charge in [-0.2, -0.15) is 10.2 Å². The summed E-state index contributed by atoms with van der Waals surface area (Å²) in [5, 5.41) is 8.68. The van der Waals surface area contributed by atoms with E-state index < -0.39 is 0 Å². The van der Waals surface area contributed by atoms with Crippen molar-refractivity contribution >= 4 is 11.8 Å². The Bertz CT molecular complexity index is 658. The fourth-order valence-electron chi connectivity index (χ4n) is 1.89. The lowest BCUT2D eigenvalue weighted by Gasteiger charge is -2.03. The Morgan fingerprint density at radius 3 is 2.89 bits per heavy atom. The lowest BCUT2D eigenvalue weighted by molar-refractivity contribution is 0.760. The van der Waals surface area contributed by atoms with Crippen LogP contribution in [0.5, 0.6) is 0 Å². The van der Waals surface area contributed by atoms with Crippen molar-refractivity contribution in [2.24, 2.45) is 0 Å². The second kappa shape index (κ2) is 5.27. The first kappa shape index (κ1) is 12.0. The number of nitrogens with zero attached hydrogens (tertiary/aromatic N) is 5. The van der Waals surface area contributed by atoms with Crippen molar-refractivity contribution in [3.63, 3.8) is 0 Å². The molecule has 5 nitrogen and oxygen atoms in total. The average molecular weight is 271 g/mol. The van der Waals surface area contributed by atoms with Crippen molar-refractivity contribution in [1.82, 2.24) is 24.5 Å². The third-order valence-electron chi connectivity index (χ3n) is 2.76. The molecule has 0 unspecified atom stereocenters. The van der Waals surface area contributed by atoms with Gasteiger partial charge in [-0.3, -0.25) is 9.67 Å². The summed E-state index contributed by atoms with van der Waals surface area (Å²) >= 11 is 1.73. The molecule has 0 saturated heterocycles. The molecule has 0 aliphatic rings. The summed E-state index contributed by atoms with van der Waals surface area (Å²) in [5.41, 5.74) is 3.07. The van der Waals surface area contributed by atoms with E-state index in [4.69, 9.17) is 0 Å². The van der Waals surface area contributed by atoms with Crippen molar-refractivity contribution in [3.05, 3.63) is 49.2 Å². The summed E-state index contributed by atoms with van der Waals surface area (Å²) in [7, 11) is 0. The highest BCUT2D eigenvalue weighted by molar-refractivity contribution is 7.97. The Balaban J connectivity index is 1.95. The van der Waals surface area contributed by atoms with Crippen LogP contribution in [-0.4, -0.2) is 30.8 Å². The number of hydrogen-bond acceptors (Lipinski definition) is 4. The average Bonchev–Trinajstić information content (AvgIpc) is 3.08. The highest BCUT2D eigenvalue weighted by Gasteiger charge is 2.08. The molecule has 0 fully saturated rings. The lowest BCUT2D eigenvalue weighted by atomic mass is 10.2. The minimum atomic E-state index is 0.834.